The van der Waals surface area contributed by atoms with Gasteiger partial charge in [0, 0.05) is 23.8 Å². The zero-order valence-corrected chi connectivity index (χ0v) is 11.7. The highest BCUT2D eigenvalue weighted by atomic mass is 35.5. The molecular formula is C14H18ClN3. The fourth-order valence-electron chi connectivity index (χ4n) is 1.77. The Hall–Kier alpha value is -1.32. The molecule has 0 unspecified atom stereocenters. The number of halogens is 1. The lowest BCUT2D eigenvalue weighted by atomic mass is 10.2. The average Bonchev–Trinajstić information content (AvgIpc) is 2.75. The minimum absolute atomic E-state index is 0.465. The van der Waals surface area contributed by atoms with Crippen LogP contribution in [0, 0.1) is 6.92 Å². The van der Waals surface area contributed by atoms with Crippen LogP contribution in [0.3, 0.4) is 0 Å². The van der Waals surface area contributed by atoms with Crippen LogP contribution in [0.15, 0.2) is 30.5 Å². The van der Waals surface area contributed by atoms with E-state index < -0.39 is 0 Å². The lowest BCUT2D eigenvalue weighted by molar-refractivity contribution is 0.578. The van der Waals surface area contributed by atoms with E-state index in [2.05, 4.69) is 24.3 Å². The van der Waals surface area contributed by atoms with Gasteiger partial charge in [0.25, 0.3) is 0 Å². The summed E-state index contributed by atoms with van der Waals surface area (Å²) in [6.07, 6.45) is 1.98. The van der Waals surface area contributed by atoms with Gasteiger partial charge in [0.1, 0.15) is 0 Å². The molecule has 0 spiro atoms. The molecule has 1 N–H and O–H groups in total. The first-order chi connectivity index (χ1) is 8.56. The highest BCUT2D eigenvalue weighted by molar-refractivity contribution is 6.30. The summed E-state index contributed by atoms with van der Waals surface area (Å²) in [6, 6.07) is 8.32. The van der Waals surface area contributed by atoms with Crippen LogP contribution < -0.4 is 5.32 Å². The Bertz CT molecular complexity index is 532. The second-order valence-electron chi connectivity index (χ2n) is 4.72. The molecule has 0 saturated carbocycles. The number of nitrogens with one attached hydrogen (secondary N) is 1. The van der Waals surface area contributed by atoms with Crippen LogP contribution in [0.5, 0.6) is 0 Å². The first-order valence-electron chi connectivity index (χ1n) is 6.10. The summed E-state index contributed by atoms with van der Waals surface area (Å²) in [4.78, 5) is 0. The van der Waals surface area contributed by atoms with E-state index in [1.807, 2.05) is 42.1 Å². The molecule has 1 aromatic heterocycles. The summed E-state index contributed by atoms with van der Waals surface area (Å²) in [6.45, 7) is 7.08. The molecule has 0 aliphatic rings. The van der Waals surface area contributed by atoms with Crippen molar-refractivity contribution in [1.82, 2.24) is 15.1 Å². The van der Waals surface area contributed by atoms with Crippen LogP contribution in [-0.2, 0) is 6.54 Å². The third-order valence-corrected chi connectivity index (χ3v) is 2.98. The first kappa shape index (κ1) is 13.1. The minimum Gasteiger partial charge on any atom is -0.309 e. The Kier molecular flexibility index (Phi) is 4.04. The summed E-state index contributed by atoms with van der Waals surface area (Å²) >= 11 is 5.95. The number of benzene rings is 1. The molecule has 0 saturated heterocycles. The Morgan fingerprint density at radius 1 is 1.33 bits per heavy atom. The Morgan fingerprint density at radius 3 is 2.78 bits per heavy atom. The van der Waals surface area contributed by atoms with Crippen molar-refractivity contribution in [1.29, 1.82) is 0 Å². The van der Waals surface area contributed by atoms with Crippen molar-refractivity contribution in [3.05, 3.63) is 46.7 Å². The SMILES string of the molecule is Cc1cc(Cl)ccc1-n1ccc(CNC(C)C)n1. The zero-order valence-electron chi connectivity index (χ0n) is 10.9. The average molecular weight is 264 g/mol. The summed E-state index contributed by atoms with van der Waals surface area (Å²) in [5.41, 5.74) is 3.22. The van der Waals surface area contributed by atoms with Crippen LogP contribution >= 0.6 is 11.6 Å². The molecule has 0 atom stereocenters. The number of hydrogen-bond acceptors (Lipinski definition) is 2. The molecule has 2 aromatic rings. The second kappa shape index (κ2) is 5.55. The highest BCUT2D eigenvalue weighted by Gasteiger charge is 2.05. The molecular weight excluding hydrogens is 246 g/mol. The third kappa shape index (κ3) is 3.12. The van der Waals surface area contributed by atoms with Crippen LogP contribution in [0.25, 0.3) is 5.69 Å². The molecule has 4 heteroatoms. The number of hydrogen-bond donors (Lipinski definition) is 1. The van der Waals surface area contributed by atoms with E-state index >= 15 is 0 Å². The molecule has 1 heterocycles. The van der Waals surface area contributed by atoms with Crippen molar-refractivity contribution in [3.63, 3.8) is 0 Å². The second-order valence-corrected chi connectivity index (χ2v) is 5.15. The van der Waals surface area contributed by atoms with E-state index in [4.69, 9.17) is 11.6 Å². The summed E-state index contributed by atoms with van der Waals surface area (Å²) in [7, 11) is 0. The van der Waals surface area contributed by atoms with Crippen LogP contribution in [0.1, 0.15) is 25.1 Å². The number of aryl methyl sites for hydroxylation is 1. The van der Waals surface area contributed by atoms with Crippen molar-refractivity contribution in [2.24, 2.45) is 0 Å². The van der Waals surface area contributed by atoms with Crippen molar-refractivity contribution in [3.8, 4) is 5.69 Å². The Morgan fingerprint density at radius 2 is 2.11 bits per heavy atom. The fourth-order valence-corrected chi connectivity index (χ4v) is 2.00. The largest absolute Gasteiger partial charge is 0.309 e. The lowest BCUT2D eigenvalue weighted by Gasteiger charge is -2.07. The van der Waals surface area contributed by atoms with Gasteiger partial charge in [-0.25, -0.2) is 4.68 Å². The van der Waals surface area contributed by atoms with Gasteiger partial charge >= 0.3 is 0 Å². The number of rotatable bonds is 4. The Balaban J connectivity index is 2.18. The lowest BCUT2D eigenvalue weighted by Crippen LogP contribution is -2.22. The molecule has 18 heavy (non-hydrogen) atoms. The summed E-state index contributed by atoms with van der Waals surface area (Å²) in [5, 5.41) is 8.66. The predicted molar refractivity (Wildman–Crippen MR) is 75.3 cm³/mol. The van der Waals surface area contributed by atoms with Crippen molar-refractivity contribution in [2.75, 3.05) is 0 Å². The molecule has 1 aromatic carbocycles. The highest BCUT2D eigenvalue weighted by Crippen LogP contribution is 2.18. The van der Waals surface area contributed by atoms with Gasteiger partial charge in [0.05, 0.1) is 11.4 Å². The normalized spacial score (nSPS) is 11.2. The van der Waals surface area contributed by atoms with Crippen molar-refractivity contribution >= 4 is 11.6 Å². The summed E-state index contributed by atoms with van der Waals surface area (Å²) in [5.74, 6) is 0. The van der Waals surface area contributed by atoms with Gasteiger partial charge in [-0.15, -0.1) is 0 Å². The van der Waals surface area contributed by atoms with E-state index in [9.17, 15) is 0 Å². The van der Waals surface area contributed by atoms with Gasteiger partial charge < -0.3 is 5.32 Å². The van der Waals surface area contributed by atoms with Gasteiger partial charge in [-0.05, 0) is 36.8 Å². The van der Waals surface area contributed by atoms with Gasteiger partial charge in [-0.1, -0.05) is 25.4 Å². The molecule has 2 rings (SSSR count). The molecule has 0 amide bonds. The minimum atomic E-state index is 0.465. The van der Waals surface area contributed by atoms with E-state index in [0.717, 1.165) is 28.5 Å². The fraction of sp³-hybridized carbons (Fsp3) is 0.357. The molecule has 0 radical (unpaired) electrons. The maximum atomic E-state index is 5.95. The van der Waals surface area contributed by atoms with Gasteiger partial charge in [0.2, 0.25) is 0 Å². The number of nitrogens with zero attached hydrogens (tertiary/aromatic N) is 2. The number of aromatic nitrogens is 2. The monoisotopic (exact) mass is 263 g/mol. The van der Waals surface area contributed by atoms with Crippen LogP contribution in [0.2, 0.25) is 5.02 Å². The molecule has 0 bridgehead atoms. The third-order valence-electron chi connectivity index (χ3n) is 2.74. The Labute approximate surface area is 113 Å². The van der Waals surface area contributed by atoms with Crippen molar-refractivity contribution < 1.29 is 0 Å². The predicted octanol–water partition coefficient (Wildman–Crippen LogP) is 3.33. The van der Waals surface area contributed by atoms with E-state index in [1.54, 1.807) is 0 Å². The van der Waals surface area contributed by atoms with Crippen molar-refractivity contribution in [2.45, 2.75) is 33.4 Å². The topological polar surface area (TPSA) is 29.9 Å². The maximum Gasteiger partial charge on any atom is 0.0766 e. The van der Waals surface area contributed by atoms with Crippen LogP contribution in [-0.4, -0.2) is 15.8 Å². The van der Waals surface area contributed by atoms with Gasteiger partial charge in [-0.2, -0.15) is 5.10 Å². The van der Waals surface area contributed by atoms with Gasteiger partial charge in [0.15, 0.2) is 0 Å². The molecule has 0 aliphatic carbocycles. The quantitative estimate of drug-likeness (QED) is 0.917. The zero-order chi connectivity index (χ0) is 13.1. The van der Waals surface area contributed by atoms with Crippen LogP contribution in [0.4, 0.5) is 0 Å². The first-order valence-corrected chi connectivity index (χ1v) is 6.48. The molecule has 3 nitrogen and oxygen atoms in total. The van der Waals surface area contributed by atoms with E-state index in [1.165, 1.54) is 0 Å². The molecule has 96 valence electrons. The molecule has 0 aliphatic heterocycles. The molecule has 0 fully saturated rings. The van der Waals surface area contributed by atoms with Gasteiger partial charge in [-0.3, -0.25) is 0 Å². The van der Waals surface area contributed by atoms with E-state index in [0.29, 0.717) is 6.04 Å². The maximum absolute atomic E-state index is 5.95. The standard InChI is InChI=1S/C14H18ClN3/c1-10(2)16-9-13-6-7-18(17-13)14-5-4-12(15)8-11(14)3/h4-8,10,16H,9H2,1-3H3. The smallest absolute Gasteiger partial charge is 0.0766 e. The summed E-state index contributed by atoms with van der Waals surface area (Å²) < 4.78 is 1.89. The van der Waals surface area contributed by atoms with E-state index in [-0.39, 0.29) is 0 Å².